The molecule has 110 valence electrons. The van der Waals surface area contributed by atoms with E-state index < -0.39 is 0 Å². The third-order valence-corrected chi connectivity index (χ3v) is 4.82. The number of amides is 1. The van der Waals surface area contributed by atoms with Gasteiger partial charge in [-0.1, -0.05) is 41.2 Å². The number of carbonyl (C=O) groups excluding carboxylic acids is 1. The van der Waals surface area contributed by atoms with Gasteiger partial charge in [0.1, 0.15) is 4.88 Å². The standard InChI is InChI=1S/C16H19N3OS/c1-3-13-15(21-18-17-13)16(20)19-10-4-5-14(19)12-8-6-11(2)7-9-12/h6-9,14H,3-5,10H2,1-2H3. The van der Waals surface area contributed by atoms with Crippen molar-refractivity contribution in [1.29, 1.82) is 0 Å². The molecule has 1 atom stereocenters. The summed E-state index contributed by atoms with van der Waals surface area (Å²) in [6.45, 7) is 4.91. The molecule has 0 saturated carbocycles. The highest BCUT2D eigenvalue weighted by Gasteiger charge is 2.32. The van der Waals surface area contributed by atoms with Crippen molar-refractivity contribution in [2.45, 2.75) is 39.2 Å². The van der Waals surface area contributed by atoms with Gasteiger partial charge in [0.05, 0.1) is 11.7 Å². The molecule has 1 amide bonds. The van der Waals surface area contributed by atoms with Gasteiger partial charge in [-0.15, -0.1) is 5.10 Å². The third-order valence-electron chi connectivity index (χ3n) is 4.06. The Bertz CT molecular complexity index is 635. The lowest BCUT2D eigenvalue weighted by atomic mass is 10.0. The van der Waals surface area contributed by atoms with Crippen LogP contribution in [0, 0.1) is 6.92 Å². The quantitative estimate of drug-likeness (QED) is 0.873. The first-order valence-electron chi connectivity index (χ1n) is 7.39. The summed E-state index contributed by atoms with van der Waals surface area (Å²) >= 11 is 1.22. The highest BCUT2D eigenvalue weighted by atomic mass is 32.1. The Morgan fingerprint density at radius 3 is 2.86 bits per heavy atom. The van der Waals surface area contributed by atoms with Gasteiger partial charge in [-0.3, -0.25) is 4.79 Å². The number of benzene rings is 1. The molecule has 1 aliphatic rings. The monoisotopic (exact) mass is 301 g/mol. The van der Waals surface area contributed by atoms with Crippen molar-refractivity contribution in [3.05, 3.63) is 46.0 Å². The number of aryl methyl sites for hydroxylation is 2. The zero-order valence-electron chi connectivity index (χ0n) is 12.4. The van der Waals surface area contributed by atoms with Gasteiger partial charge in [0, 0.05) is 6.54 Å². The van der Waals surface area contributed by atoms with Crippen LogP contribution in [0.15, 0.2) is 24.3 Å². The molecule has 4 nitrogen and oxygen atoms in total. The first kappa shape index (κ1) is 14.2. The maximum atomic E-state index is 12.8. The Morgan fingerprint density at radius 2 is 2.14 bits per heavy atom. The fourth-order valence-corrected chi connectivity index (χ4v) is 3.58. The van der Waals surface area contributed by atoms with Crippen LogP contribution in [0.3, 0.4) is 0 Å². The summed E-state index contributed by atoms with van der Waals surface area (Å²) in [5, 5.41) is 4.06. The van der Waals surface area contributed by atoms with Crippen molar-refractivity contribution >= 4 is 17.4 Å². The van der Waals surface area contributed by atoms with Crippen LogP contribution < -0.4 is 0 Å². The first-order valence-corrected chi connectivity index (χ1v) is 8.16. The summed E-state index contributed by atoms with van der Waals surface area (Å²) in [6, 6.07) is 8.68. The molecule has 1 aromatic carbocycles. The van der Waals surface area contributed by atoms with Gasteiger partial charge in [-0.25, -0.2) is 0 Å². The summed E-state index contributed by atoms with van der Waals surface area (Å²) in [6.07, 6.45) is 2.83. The van der Waals surface area contributed by atoms with Crippen LogP contribution >= 0.6 is 11.5 Å². The minimum absolute atomic E-state index is 0.0879. The molecular weight excluding hydrogens is 282 g/mol. The third kappa shape index (κ3) is 2.70. The number of hydrogen-bond donors (Lipinski definition) is 0. The fourth-order valence-electron chi connectivity index (χ4n) is 2.88. The SMILES string of the molecule is CCc1nnsc1C(=O)N1CCCC1c1ccc(C)cc1. The average molecular weight is 301 g/mol. The maximum Gasteiger partial charge on any atom is 0.268 e. The number of rotatable bonds is 3. The van der Waals surface area contributed by atoms with Crippen LogP contribution in [-0.2, 0) is 6.42 Å². The topological polar surface area (TPSA) is 46.1 Å². The summed E-state index contributed by atoms with van der Waals surface area (Å²) in [7, 11) is 0. The summed E-state index contributed by atoms with van der Waals surface area (Å²) < 4.78 is 3.94. The Hall–Kier alpha value is -1.75. The van der Waals surface area contributed by atoms with Crippen LogP contribution in [0.2, 0.25) is 0 Å². The highest BCUT2D eigenvalue weighted by Crippen LogP contribution is 2.34. The minimum atomic E-state index is 0.0879. The average Bonchev–Trinajstić information content (AvgIpc) is 3.16. The van der Waals surface area contributed by atoms with Crippen molar-refractivity contribution in [1.82, 2.24) is 14.5 Å². The number of nitrogens with zero attached hydrogens (tertiary/aromatic N) is 3. The molecule has 0 aliphatic carbocycles. The number of likely N-dealkylation sites (tertiary alicyclic amines) is 1. The Labute approximate surface area is 129 Å². The molecule has 0 N–H and O–H groups in total. The van der Waals surface area contributed by atoms with E-state index >= 15 is 0 Å². The zero-order chi connectivity index (χ0) is 14.8. The van der Waals surface area contributed by atoms with Gasteiger partial charge in [-0.2, -0.15) is 0 Å². The number of aromatic nitrogens is 2. The second-order valence-corrected chi connectivity index (χ2v) is 6.22. The van der Waals surface area contributed by atoms with Crippen LogP contribution in [-0.4, -0.2) is 26.9 Å². The molecule has 1 unspecified atom stereocenters. The fraction of sp³-hybridized carbons (Fsp3) is 0.438. The van der Waals surface area contributed by atoms with Gasteiger partial charge in [0.2, 0.25) is 0 Å². The van der Waals surface area contributed by atoms with E-state index in [0.29, 0.717) is 4.88 Å². The van der Waals surface area contributed by atoms with Crippen molar-refractivity contribution < 1.29 is 4.79 Å². The van der Waals surface area contributed by atoms with E-state index in [-0.39, 0.29) is 11.9 Å². The van der Waals surface area contributed by atoms with Crippen LogP contribution in [0.5, 0.6) is 0 Å². The van der Waals surface area contributed by atoms with Gasteiger partial charge >= 0.3 is 0 Å². The van der Waals surface area contributed by atoms with Crippen molar-refractivity contribution in [2.24, 2.45) is 0 Å². The van der Waals surface area contributed by atoms with E-state index in [2.05, 4.69) is 40.8 Å². The van der Waals surface area contributed by atoms with Crippen LogP contribution in [0.1, 0.15) is 52.3 Å². The molecule has 0 radical (unpaired) electrons. The predicted molar refractivity (Wildman–Crippen MR) is 83.5 cm³/mol. The minimum Gasteiger partial charge on any atom is -0.331 e. The lowest BCUT2D eigenvalue weighted by molar-refractivity contribution is 0.0739. The molecule has 21 heavy (non-hydrogen) atoms. The molecule has 1 aromatic heterocycles. The van der Waals surface area contributed by atoms with E-state index in [1.807, 2.05) is 11.8 Å². The first-order chi connectivity index (χ1) is 10.2. The maximum absolute atomic E-state index is 12.8. The van der Waals surface area contributed by atoms with Crippen molar-refractivity contribution in [3.8, 4) is 0 Å². The zero-order valence-corrected chi connectivity index (χ0v) is 13.2. The van der Waals surface area contributed by atoms with E-state index in [0.717, 1.165) is 31.5 Å². The molecular formula is C16H19N3OS. The lowest BCUT2D eigenvalue weighted by Crippen LogP contribution is -2.30. The second kappa shape index (κ2) is 5.93. The molecule has 2 heterocycles. The van der Waals surface area contributed by atoms with E-state index in [1.54, 1.807) is 0 Å². The van der Waals surface area contributed by atoms with E-state index in [4.69, 9.17) is 0 Å². The highest BCUT2D eigenvalue weighted by molar-refractivity contribution is 7.08. The van der Waals surface area contributed by atoms with Crippen molar-refractivity contribution in [3.63, 3.8) is 0 Å². The van der Waals surface area contributed by atoms with Gasteiger partial charge < -0.3 is 4.90 Å². The predicted octanol–water partition coefficient (Wildman–Crippen LogP) is 3.39. The molecule has 1 fully saturated rings. The number of carbonyl (C=O) groups is 1. The van der Waals surface area contributed by atoms with Gasteiger partial charge in [-0.05, 0) is 43.3 Å². The Morgan fingerprint density at radius 1 is 1.38 bits per heavy atom. The van der Waals surface area contributed by atoms with Crippen LogP contribution in [0.4, 0.5) is 0 Å². The Balaban J connectivity index is 1.87. The summed E-state index contributed by atoms with van der Waals surface area (Å²) in [5.41, 5.74) is 3.29. The molecule has 0 spiro atoms. The molecule has 1 saturated heterocycles. The second-order valence-electron chi connectivity index (χ2n) is 5.47. The van der Waals surface area contributed by atoms with Gasteiger partial charge in [0.25, 0.3) is 5.91 Å². The summed E-state index contributed by atoms with van der Waals surface area (Å²) in [4.78, 5) is 15.5. The summed E-state index contributed by atoms with van der Waals surface area (Å²) in [5.74, 6) is 0.0879. The van der Waals surface area contributed by atoms with E-state index in [1.165, 1.54) is 22.7 Å². The molecule has 0 bridgehead atoms. The largest absolute Gasteiger partial charge is 0.331 e. The Kier molecular flexibility index (Phi) is 4.01. The number of hydrogen-bond acceptors (Lipinski definition) is 4. The van der Waals surface area contributed by atoms with Crippen LogP contribution in [0.25, 0.3) is 0 Å². The van der Waals surface area contributed by atoms with Gasteiger partial charge in [0.15, 0.2) is 0 Å². The van der Waals surface area contributed by atoms with E-state index in [9.17, 15) is 4.79 Å². The molecule has 2 aromatic rings. The smallest absolute Gasteiger partial charge is 0.268 e. The molecule has 1 aliphatic heterocycles. The van der Waals surface area contributed by atoms with Crippen molar-refractivity contribution in [2.75, 3.05) is 6.54 Å². The molecule has 3 rings (SSSR count). The lowest BCUT2D eigenvalue weighted by Gasteiger charge is -2.24. The molecule has 5 heteroatoms. The normalized spacial score (nSPS) is 18.2.